The number of halogens is 1. The fourth-order valence-corrected chi connectivity index (χ4v) is 7.31. The summed E-state index contributed by atoms with van der Waals surface area (Å²) in [4.78, 5) is 0. The van der Waals surface area contributed by atoms with Crippen LogP contribution >= 0.6 is 11.6 Å². The largest absolute Gasteiger partial charge is 0.456 e. The third kappa shape index (κ3) is 7.06. The van der Waals surface area contributed by atoms with Crippen LogP contribution in [0.15, 0.2) is 0 Å². The van der Waals surface area contributed by atoms with Gasteiger partial charge in [0.1, 0.15) is 0 Å². The van der Waals surface area contributed by atoms with Crippen molar-refractivity contribution in [3.8, 4) is 0 Å². The van der Waals surface area contributed by atoms with Gasteiger partial charge in [0.2, 0.25) is 0 Å². The molecule has 0 rings (SSSR count). The van der Waals surface area contributed by atoms with E-state index in [-0.39, 0.29) is 0 Å². The lowest BCUT2D eigenvalue weighted by Crippen LogP contribution is -2.35. The summed E-state index contributed by atoms with van der Waals surface area (Å²) in [5, 5.41) is 0. The maximum absolute atomic E-state index is 5.92. The van der Waals surface area contributed by atoms with Crippen LogP contribution in [-0.4, -0.2) is 23.2 Å². The lowest BCUT2D eigenvalue weighted by Gasteiger charge is -2.24. The first-order valence-electron chi connectivity index (χ1n) is 4.03. The lowest BCUT2D eigenvalue weighted by molar-refractivity contribution is 0.569. The van der Waals surface area contributed by atoms with E-state index in [0.29, 0.717) is 0 Å². The molecule has 0 heterocycles. The molecular formula is C7H18ClOSi2. The highest BCUT2D eigenvalue weighted by Crippen LogP contribution is 2.15. The first-order valence-corrected chi connectivity index (χ1v) is 10.1. The van der Waals surface area contributed by atoms with E-state index in [0.717, 1.165) is 12.3 Å². The molecule has 11 heavy (non-hydrogen) atoms. The van der Waals surface area contributed by atoms with Gasteiger partial charge in [-0.1, -0.05) is 0 Å². The van der Waals surface area contributed by atoms with Crippen molar-refractivity contribution in [1.29, 1.82) is 0 Å². The van der Waals surface area contributed by atoms with Crippen molar-refractivity contribution in [2.75, 3.05) is 5.88 Å². The maximum Gasteiger partial charge on any atom is 0.191 e. The third-order valence-corrected chi connectivity index (χ3v) is 7.06. The van der Waals surface area contributed by atoms with Crippen molar-refractivity contribution in [2.45, 2.75) is 38.7 Å². The molecule has 0 fully saturated rings. The maximum atomic E-state index is 5.92. The molecule has 0 bridgehead atoms. The minimum absolute atomic E-state index is 0.503. The fraction of sp³-hybridized carbons (Fsp3) is 1.00. The third-order valence-electron chi connectivity index (χ3n) is 1.39. The van der Waals surface area contributed by atoms with Gasteiger partial charge in [0.15, 0.2) is 17.4 Å². The average molecular weight is 210 g/mol. The monoisotopic (exact) mass is 209 g/mol. The Hall–Kier alpha value is 0.684. The highest BCUT2D eigenvalue weighted by atomic mass is 35.5. The summed E-state index contributed by atoms with van der Waals surface area (Å²) < 4.78 is 5.92. The van der Waals surface area contributed by atoms with Crippen LogP contribution in [0.25, 0.3) is 0 Å². The second kappa shape index (κ2) is 5.35. The van der Waals surface area contributed by atoms with E-state index in [4.69, 9.17) is 15.7 Å². The SMILES string of the molecule is C[Si](C)O[Si](C)(C)CCCCl. The zero-order chi connectivity index (χ0) is 8.91. The fourth-order valence-electron chi connectivity index (χ4n) is 1.10. The van der Waals surface area contributed by atoms with E-state index >= 15 is 0 Å². The van der Waals surface area contributed by atoms with Crippen LogP contribution in [0.1, 0.15) is 6.42 Å². The normalized spacial score (nSPS) is 12.5. The summed E-state index contributed by atoms with van der Waals surface area (Å²) in [5.74, 6) is 0.773. The highest BCUT2D eigenvalue weighted by Gasteiger charge is 2.22. The second-order valence-electron chi connectivity index (χ2n) is 3.56. The zero-order valence-corrected chi connectivity index (χ0v) is 10.7. The summed E-state index contributed by atoms with van der Waals surface area (Å²) in [5.41, 5.74) is 0. The summed E-state index contributed by atoms with van der Waals surface area (Å²) in [7, 11) is -1.83. The molecule has 4 heteroatoms. The van der Waals surface area contributed by atoms with Gasteiger partial charge in [-0.3, -0.25) is 0 Å². The second-order valence-corrected chi connectivity index (χ2v) is 10.6. The van der Waals surface area contributed by atoms with Crippen molar-refractivity contribution in [2.24, 2.45) is 0 Å². The highest BCUT2D eigenvalue weighted by molar-refractivity contribution is 6.77. The molecule has 67 valence electrons. The van der Waals surface area contributed by atoms with Crippen LogP contribution < -0.4 is 0 Å². The van der Waals surface area contributed by atoms with Crippen LogP contribution in [0.2, 0.25) is 32.2 Å². The van der Waals surface area contributed by atoms with Crippen molar-refractivity contribution in [3.05, 3.63) is 0 Å². The lowest BCUT2D eigenvalue weighted by atomic mass is 10.6. The molecule has 0 spiro atoms. The minimum atomic E-state index is -1.33. The Morgan fingerprint density at radius 1 is 1.36 bits per heavy atom. The molecule has 1 radical (unpaired) electrons. The van der Waals surface area contributed by atoms with Crippen molar-refractivity contribution >= 4 is 29.0 Å². The Kier molecular flexibility index (Phi) is 5.68. The molecule has 0 aromatic rings. The Morgan fingerprint density at radius 3 is 2.27 bits per heavy atom. The van der Waals surface area contributed by atoms with E-state index in [1.165, 1.54) is 6.04 Å². The number of alkyl halides is 1. The van der Waals surface area contributed by atoms with Gasteiger partial charge in [0.05, 0.1) is 0 Å². The molecule has 0 saturated heterocycles. The van der Waals surface area contributed by atoms with E-state index in [1.54, 1.807) is 0 Å². The Bertz CT molecular complexity index is 107. The van der Waals surface area contributed by atoms with Gasteiger partial charge in [0, 0.05) is 5.88 Å². The van der Waals surface area contributed by atoms with Gasteiger partial charge in [-0.05, 0) is 38.7 Å². The van der Waals surface area contributed by atoms with Crippen LogP contribution in [0.5, 0.6) is 0 Å². The summed E-state index contributed by atoms with van der Waals surface area (Å²) in [6.07, 6.45) is 1.11. The van der Waals surface area contributed by atoms with E-state index in [1.807, 2.05) is 0 Å². The zero-order valence-electron chi connectivity index (χ0n) is 7.91. The predicted octanol–water partition coefficient (Wildman–Crippen LogP) is 3.09. The van der Waals surface area contributed by atoms with Crippen molar-refractivity contribution in [3.63, 3.8) is 0 Å². The molecule has 0 aliphatic rings. The van der Waals surface area contributed by atoms with Crippen LogP contribution in [-0.2, 0) is 4.12 Å². The van der Waals surface area contributed by atoms with Gasteiger partial charge in [-0.2, -0.15) is 0 Å². The number of hydrogen-bond acceptors (Lipinski definition) is 1. The standard InChI is InChI=1S/C7H18ClOSi2/c1-10(2)9-11(3,4)7-5-6-8/h5-7H2,1-4H3. The molecule has 0 aliphatic heterocycles. The van der Waals surface area contributed by atoms with Crippen molar-refractivity contribution < 1.29 is 4.12 Å². The van der Waals surface area contributed by atoms with Gasteiger partial charge >= 0.3 is 0 Å². The quantitative estimate of drug-likeness (QED) is 0.500. The van der Waals surface area contributed by atoms with Gasteiger partial charge in [-0.15, -0.1) is 11.6 Å². The summed E-state index contributed by atoms with van der Waals surface area (Å²) >= 11 is 5.62. The smallest absolute Gasteiger partial charge is 0.191 e. The molecule has 0 aromatic heterocycles. The minimum Gasteiger partial charge on any atom is -0.456 e. The molecule has 0 saturated carbocycles. The van der Waals surface area contributed by atoms with Crippen LogP contribution in [0.3, 0.4) is 0 Å². The Labute approximate surface area is 78.0 Å². The molecule has 1 nitrogen and oxygen atoms in total. The van der Waals surface area contributed by atoms with E-state index < -0.39 is 17.4 Å². The number of rotatable bonds is 5. The van der Waals surface area contributed by atoms with Gasteiger partial charge < -0.3 is 4.12 Å². The van der Waals surface area contributed by atoms with E-state index in [9.17, 15) is 0 Å². The van der Waals surface area contributed by atoms with Gasteiger partial charge in [0.25, 0.3) is 0 Å². The molecule has 0 atom stereocenters. The molecule has 0 amide bonds. The molecular weight excluding hydrogens is 192 g/mol. The summed E-state index contributed by atoms with van der Waals surface area (Å²) in [6.45, 7) is 8.94. The predicted molar refractivity (Wildman–Crippen MR) is 56.2 cm³/mol. The Balaban J connectivity index is 3.61. The molecule has 0 aromatic carbocycles. The molecule has 0 unspecified atom stereocenters. The van der Waals surface area contributed by atoms with Crippen molar-refractivity contribution in [1.82, 2.24) is 0 Å². The first-order chi connectivity index (χ1) is 4.98. The van der Waals surface area contributed by atoms with E-state index in [2.05, 4.69) is 26.2 Å². The van der Waals surface area contributed by atoms with Crippen LogP contribution in [0.4, 0.5) is 0 Å². The summed E-state index contributed by atoms with van der Waals surface area (Å²) in [6, 6.07) is 1.20. The molecule has 0 aliphatic carbocycles. The topological polar surface area (TPSA) is 9.23 Å². The molecule has 0 N–H and O–H groups in total. The first kappa shape index (κ1) is 11.7. The average Bonchev–Trinajstić information content (AvgIpc) is 1.81. The Morgan fingerprint density at radius 2 is 1.91 bits per heavy atom. The number of hydrogen-bond donors (Lipinski definition) is 0. The van der Waals surface area contributed by atoms with Crippen LogP contribution in [0, 0.1) is 0 Å². The van der Waals surface area contributed by atoms with Gasteiger partial charge in [-0.25, -0.2) is 0 Å².